The molecule has 0 aliphatic rings. The number of nitrogens with zero attached hydrogens (tertiary/aromatic N) is 1. The Labute approximate surface area is 83.7 Å². The molecule has 2 aromatic rings. The fourth-order valence-corrected chi connectivity index (χ4v) is 1.26. The fourth-order valence-electron chi connectivity index (χ4n) is 1.15. The lowest BCUT2D eigenvalue weighted by Crippen LogP contribution is -2.13. The van der Waals surface area contributed by atoms with Crippen molar-refractivity contribution in [2.24, 2.45) is 0 Å². The lowest BCUT2D eigenvalue weighted by atomic mass is 10.3. The lowest BCUT2D eigenvalue weighted by molar-refractivity contribution is 0.625. The molecular weight excluding hydrogens is 207 g/mol. The molecule has 1 heterocycles. The molecule has 14 heavy (non-hydrogen) atoms. The van der Waals surface area contributed by atoms with Crippen LogP contribution in [0.25, 0.3) is 5.69 Å². The van der Waals surface area contributed by atoms with Crippen molar-refractivity contribution in [1.29, 1.82) is 0 Å². The molecule has 1 aromatic heterocycles. The van der Waals surface area contributed by atoms with E-state index in [9.17, 15) is 9.18 Å². The monoisotopic (exact) mass is 212 g/mol. The third-order valence-corrected chi connectivity index (χ3v) is 2.12. The van der Waals surface area contributed by atoms with Crippen molar-refractivity contribution in [1.82, 2.24) is 9.78 Å². The van der Waals surface area contributed by atoms with Crippen LogP contribution in [0.1, 0.15) is 0 Å². The van der Waals surface area contributed by atoms with E-state index in [1.807, 2.05) is 0 Å². The van der Waals surface area contributed by atoms with Gasteiger partial charge in [0.1, 0.15) is 5.82 Å². The zero-order chi connectivity index (χ0) is 10.1. The summed E-state index contributed by atoms with van der Waals surface area (Å²) in [6, 6.07) is 5.51. The number of halogens is 2. The van der Waals surface area contributed by atoms with Gasteiger partial charge in [0.15, 0.2) is 0 Å². The topological polar surface area (TPSA) is 37.8 Å². The van der Waals surface area contributed by atoms with Gasteiger partial charge in [-0.05, 0) is 12.1 Å². The molecule has 72 valence electrons. The molecule has 1 aromatic carbocycles. The van der Waals surface area contributed by atoms with Crippen LogP contribution in [-0.4, -0.2) is 9.78 Å². The number of aromatic amines is 1. The zero-order valence-electron chi connectivity index (χ0n) is 7.00. The first-order valence-corrected chi connectivity index (χ1v) is 4.28. The third kappa shape index (κ3) is 1.44. The first-order valence-electron chi connectivity index (χ1n) is 3.90. The summed E-state index contributed by atoms with van der Waals surface area (Å²) < 4.78 is 14.3. The summed E-state index contributed by atoms with van der Waals surface area (Å²) in [4.78, 5) is 11.2. The van der Waals surface area contributed by atoms with Gasteiger partial charge in [-0.25, -0.2) is 9.07 Å². The highest BCUT2D eigenvalue weighted by Crippen LogP contribution is 2.16. The van der Waals surface area contributed by atoms with Crippen LogP contribution in [-0.2, 0) is 0 Å². The summed E-state index contributed by atoms with van der Waals surface area (Å²) in [6.07, 6.45) is 1.48. The van der Waals surface area contributed by atoms with Crippen molar-refractivity contribution in [3.05, 3.63) is 51.7 Å². The van der Waals surface area contributed by atoms with Gasteiger partial charge in [0, 0.05) is 18.3 Å². The fraction of sp³-hybridized carbons (Fsp3) is 0. The van der Waals surface area contributed by atoms with E-state index in [0.29, 0.717) is 5.69 Å². The second-order valence-electron chi connectivity index (χ2n) is 2.73. The number of hydrogen-bond acceptors (Lipinski definition) is 1. The van der Waals surface area contributed by atoms with E-state index in [1.165, 1.54) is 29.1 Å². The SMILES string of the molecule is O=c1cc[nH]n1-c1ccc(Cl)c(F)c1. The average Bonchev–Trinajstić information content (AvgIpc) is 2.57. The zero-order valence-corrected chi connectivity index (χ0v) is 7.75. The van der Waals surface area contributed by atoms with E-state index in [2.05, 4.69) is 5.10 Å². The molecule has 0 radical (unpaired) electrons. The summed E-state index contributed by atoms with van der Waals surface area (Å²) >= 11 is 5.51. The quantitative estimate of drug-likeness (QED) is 0.771. The molecule has 0 atom stereocenters. The highest BCUT2D eigenvalue weighted by Gasteiger charge is 2.04. The maximum atomic E-state index is 13.0. The summed E-state index contributed by atoms with van der Waals surface area (Å²) in [7, 11) is 0. The lowest BCUT2D eigenvalue weighted by Gasteiger charge is -2.01. The average molecular weight is 213 g/mol. The van der Waals surface area contributed by atoms with Crippen LogP contribution in [0.2, 0.25) is 5.02 Å². The van der Waals surface area contributed by atoms with Crippen molar-refractivity contribution in [2.75, 3.05) is 0 Å². The molecule has 5 heteroatoms. The normalized spacial score (nSPS) is 10.4. The van der Waals surface area contributed by atoms with E-state index in [0.717, 1.165) is 0 Å². The largest absolute Gasteiger partial charge is 0.298 e. The molecular formula is C9H6ClFN2O. The van der Waals surface area contributed by atoms with Crippen LogP contribution >= 0.6 is 11.6 Å². The number of H-pyrrole nitrogens is 1. The molecule has 0 unspecified atom stereocenters. The summed E-state index contributed by atoms with van der Waals surface area (Å²) in [5.74, 6) is -0.550. The summed E-state index contributed by atoms with van der Waals surface area (Å²) in [5, 5.41) is 2.70. The van der Waals surface area contributed by atoms with Crippen LogP contribution < -0.4 is 5.56 Å². The van der Waals surface area contributed by atoms with Crippen molar-refractivity contribution in [3.8, 4) is 5.69 Å². The second kappa shape index (κ2) is 3.31. The van der Waals surface area contributed by atoms with Gasteiger partial charge in [0.05, 0.1) is 10.7 Å². The number of nitrogens with one attached hydrogen (secondary N) is 1. The molecule has 0 saturated carbocycles. The number of benzene rings is 1. The van der Waals surface area contributed by atoms with Gasteiger partial charge < -0.3 is 0 Å². The molecule has 0 amide bonds. The second-order valence-corrected chi connectivity index (χ2v) is 3.14. The predicted molar refractivity (Wildman–Crippen MR) is 51.4 cm³/mol. The highest BCUT2D eigenvalue weighted by atomic mass is 35.5. The van der Waals surface area contributed by atoms with Gasteiger partial charge in [0.2, 0.25) is 0 Å². The highest BCUT2D eigenvalue weighted by molar-refractivity contribution is 6.30. The Morgan fingerprint density at radius 1 is 1.36 bits per heavy atom. The maximum absolute atomic E-state index is 13.0. The van der Waals surface area contributed by atoms with E-state index in [-0.39, 0.29) is 10.6 Å². The van der Waals surface area contributed by atoms with Crippen LogP contribution in [0, 0.1) is 5.82 Å². The molecule has 0 saturated heterocycles. The minimum absolute atomic E-state index is 0.0355. The number of aromatic nitrogens is 2. The van der Waals surface area contributed by atoms with Gasteiger partial charge in [-0.1, -0.05) is 11.6 Å². The van der Waals surface area contributed by atoms with Gasteiger partial charge in [-0.2, -0.15) is 0 Å². The van der Waals surface area contributed by atoms with Crippen molar-refractivity contribution >= 4 is 11.6 Å². The van der Waals surface area contributed by atoms with E-state index >= 15 is 0 Å². The first kappa shape index (κ1) is 9.02. The summed E-state index contributed by atoms with van der Waals surface area (Å²) in [5.41, 5.74) is 0.175. The first-order chi connectivity index (χ1) is 6.68. The van der Waals surface area contributed by atoms with Crippen LogP contribution in [0.5, 0.6) is 0 Å². The molecule has 0 aliphatic carbocycles. The molecule has 0 aliphatic heterocycles. The Hall–Kier alpha value is -1.55. The smallest absolute Gasteiger partial charge is 0.271 e. The Balaban J connectivity index is 2.59. The Morgan fingerprint density at radius 3 is 2.71 bits per heavy atom. The van der Waals surface area contributed by atoms with Gasteiger partial charge in [-0.15, -0.1) is 0 Å². The summed E-state index contributed by atoms with van der Waals surface area (Å²) in [6.45, 7) is 0. The number of hydrogen-bond donors (Lipinski definition) is 1. The minimum atomic E-state index is -0.550. The molecule has 2 rings (SSSR count). The molecule has 1 N–H and O–H groups in total. The van der Waals surface area contributed by atoms with Crippen LogP contribution in [0.15, 0.2) is 35.3 Å². The molecule has 0 bridgehead atoms. The Kier molecular flexibility index (Phi) is 2.13. The Morgan fingerprint density at radius 2 is 2.14 bits per heavy atom. The van der Waals surface area contributed by atoms with Crippen molar-refractivity contribution < 1.29 is 4.39 Å². The third-order valence-electron chi connectivity index (χ3n) is 1.81. The van der Waals surface area contributed by atoms with Gasteiger partial charge in [-0.3, -0.25) is 9.89 Å². The van der Waals surface area contributed by atoms with E-state index in [1.54, 1.807) is 6.07 Å². The molecule has 0 spiro atoms. The standard InChI is InChI=1S/C9H6ClFN2O/c10-7-2-1-6(5-8(7)11)13-9(14)3-4-12-13/h1-5,12H. The predicted octanol–water partition coefficient (Wildman–Crippen LogP) is 1.96. The Bertz CT molecular complexity index is 518. The molecule has 0 fully saturated rings. The van der Waals surface area contributed by atoms with Crippen molar-refractivity contribution in [2.45, 2.75) is 0 Å². The maximum Gasteiger partial charge on any atom is 0.271 e. The van der Waals surface area contributed by atoms with E-state index < -0.39 is 5.82 Å². The molecule has 3 nitrogen and oxygen atoms in total. The van der Waals surface area contributed by atoms with Gasteiger partial charge in [0.25, 0.3) is 5.56 Å². The van der Waals surface area contributed by atoms with Gasteiger partial charge >= 0.3 is 0 Å². The van der Waals surface area contributed by atoms with Crippen molar-refractivity contribution in [3.63, 3.8) is 0 Å². The van der Waals surface area contributed by atoms with Crippen LogP contribution in [0.3, 0.4) is 0 Å². The van der Waals surface area contributed by atoms with E-state index in [4.69, 9.17) is 11.6 Å². The minimum Gasteiger partial charge on any atom is -0.298 e. The van der Waals surface area contributed by atoms with Crippen LogP contribution in [0.4, 0.5) is 4.39 Å². The number of rotatable bonds is 1.